The van der Waals surface area contributed by atoms with Crippen molar-refractivity contribution in [3.63, 3.8) is 0 Å². The second-order valence-electron chi connectivity index (χ2n) is 7.54. The quantitative estimate of drug-likeness (QED) is 0.715. The molecule has 27 heavy (non-hydrogen) atoms. The van der Waals surface area contributed by atoms with Crippen LogP contribution in [0.1, 0.15) is 72.2 Å². The van der Waals surface area contributed by atoms with Crippen LogP contribution in [0.15, 0.2) is 12.4 Å². The Morgan fingerprint density at radius 3 is 2.93 bits per heavy atom. The Kier molecular flexibility index (Phi) is 4.63. The van der Waals surface area contributed by atoms with Crippen molar-refractivity contribution in [2.45, 2.75) is 58.4 Å². The van der Waals surface area contributed by atoms with Gasteiger partial charge in [-0.25, -0.2) is 9.50 Å². The molecule has 0 atom stereocenters. The third kappa shape index (κ3) is 3.31. The molecule has 0 fully saturated rings. The number of hydrogen-bond donors (Lipinski definition) is 1. The largest absolute Gasteiger partial charge is 0.334 e. The predicted molar refractivity (Wildman–Crippen MR) is 101 cm³/mol. The van der Waals surface area contributed by atoms with Gasteiger partial charge in [-0.15, -0.1) is 0 Å². The van der Waals surface area contributed by atoms with Gasteiger partial charge in [0.1, 0.15) is 12.0 Å². The van der Waals surface area contributed by atoms with Crippen LogP contribution in [0.4, 0.5) is 0 Å². The summed E-state index contributed by atoms with van der Waals surface area (Å²) in [4.78, 5) is 23.3. The van der Waals surface area contributed by atoms with Crippen LogP contribution in [-0.2, 0) is 19.4 Å². The van der Waals surface area contributed by atoms with Crippen molar-refractivity contribution >= 4 is 11.7 Å². The lowest BCUT2D eigenvalue weighted by molar-refractivity contribution is 0.0777. The van der Waals surface area contributed by atoms with E-state index >= 15 is 0 Å². The summed E-state index contributed by atoms with van der Waals surface area (Å²) < 4.78 is 1.69. The molecule has 1 N–H and O–H groups in total. The third-order valence-corrected chi connectivity index (χ3v) is 5.22. The van der Waals surface area contributed by atoms with Gasteiger partial charge in [-0.2, -0.15) is 15.2 Å². The molecule has 0 spiro atoms. The van der Waals surface area contributed by atoms with E-state index in [9.17, 15) is 4.79 Å². The molecule has 0 saturated carbocycles. The molecule has 142 valence electrons. The molecule has 1 aliphatic rings. The molecule has 8 heteroatoms. The van der Waals surface area contributed by atoms with Crippen molar-refractivity contribution in [2.24, 2.45) is 0 Å². The number of amides is 1. The predicted octanol–water partition coefficient (Wildman–Crippen LogP) is 2.51. The van der Waals surface area contributed by atoms with Crippen LogP contribution in [0.3, 0.4) is 0 Å². The second kappa shape index (κ2) is 7.09. The molecule has 1 aliphatic carbocycles. The van der Waals surface area contributed by atoms with Gasteiger partial charge in [0.2, 0.25) is 0 Å². The van der Waals surface area contributed by atoms with E-state index < -0.39 is 0 Å². The molecule has 0 radical (unpaired) electrons. The van der Waals surface area contributed by atoms with E-state index in [1.807, 2.05) is 6.07 Å². The lowest BCUT2D eigenvalue weighted by atomic mass is 10.1. The van der Waals surface area contributed by atoms with Crippen molar-refractivity contribution in [3.05, 3.63) is 40.7 Å². The fourth-order valence-electron chi connectivity index (χ4n) is 3.70. The van der Waals surface area contributed by atoms with Crippen LogP contribution in [0.25, 0.3) is 5.78 Å². The molecule has 3 aromatic heterocycles. The Balaban J connectivity index is 1.60. The summed E-state index contributed by atoms with van der Waals surface area (Å²) in [6, 6.07) is 1.82. The Morgan fingerprint density at radius 1 is 1.30 bits per heavy atom. The third-order valence-electron chi connectivity index (χ3n) is 5.22. The Hall–Kier alpha value is -2.77. The molecule has 0 aliphatic heterocycles. The summed E-state index contributed by atoms with van der Waals surface area (Å²) in [6.07, 6.45) is 7.17. The van der Waals surface area contributed by atoms with Gasteiger partial charge in [-0.3, -0.25) is 9.89 Å². The average molecular weight is 367 g/mol. The lowest BCUT2D eigenvalue weighted by Crippen LogP contribution is -2.28. The number of hydrogen-bond acceptors (Lipinski definition) is 5. The number of carbonyl (C=O) groups excluding carboxylic acids is 1. The normalized spacial score (nSPS) is 14.4. The highest BCUT2D eigenvalue weighted by Gasteiger charge is 2.22. The average Bonchev–Trinajstić information content (AvgIpc) is 3.20. The number of aromatic nitrogens is 6. The molecule has 3 heterocycles. The molecule has 4 rings (SSSR count). The van der Waals surface area contributed by atoms with Crippen molar-refractivity contribution in [3.8, 4) is 0 Å². The Labute approximate surface area is 158 Å². The van der Waals surface area contributed by atoms with E-state index in [0.717, 1.165) is 24.2 Å². The summed E-state index contributed by atoms with van der Waals surface area (Å²) in [6.45, 7) is 4.60. The van der Waals surface area contributed by atoms with Crippen molar-refractivity contribution in [2.75, 3.05) is 7.05 Å². The number of aryl methyl sites for hydroxylation is 1. The van der Waals surface area contributed by atoms with Gasteiger partial charge < -0.3 is 4.90 Å². The summed E-state index contributed by atoms with van der Waals surface area (Å²) in [7, 11) is 1.80. The van der Waals surface area contributed by atoms with Crippen molar-refractivity contribution < 1.29 is 4.79 Å². The van der Waals surface area contributed by atoms with Gasteiger partial charge in [0, 0.05) is 12.7 Å². The fourth-order valence-corrected chi connectivity index (χ4v) is 3.70. The lowest BCUT2D eigenvalue weighted by Gasteiger charge is -2.17. The van der Waals surface area contributed by atoms with E-state index in [1.54, 1.807) is 16.5 Å². The first-order chi connectivity index (χ1) is 13.0. The van der Waals surface area contributed by atoms with E-state index in [0.29, 0.717) is 18.0 Å². The summed E-state index contributed by atoms with van der Waals surface area (Å²) in [5, 5.41) is 11.9. The molecular weight excluding hydrogens is 342 g/mol. The van der Waals surface area contributed by atoms with Crippen molar-refractivity contribution in [1.82, 2.24) is 34.7 Å². The maximum absolute atomic E-state index is 13.0. The van der Waals surface area contributed by atoms with Crippen LogP contribution in [-0.4, -0.2) is 47.6 Å². The number of nitrogens with one attached hydrogen (secondary N) is 1. The molecule has 1 amide bonds. The smallest absolute Gasteiger partial charge is 0.272 e. The zero-order valence-electron chi connectivity index (χ0n) is 16.1. The zero-order chi connectivity index (χ0) is 19.0. The first-order valence-electron chi connectivity index (χ1n) is 9.55. The second-order valence-corrected chi connectivity index (χ2v) is 7.54. The molecular formula is C19H25N7O. The minimum Gasteiger partial charge on any atom is -0.334 e. The number of aromatic amines is 1. The Morgan fingerprint density at radius 2 is 2.11 bits per heavy atom. The number of fused-ring (bicyclic) bond motifs is 2. The minimum atomic E-state index is -0.132. The molecule has 0 bridgehead atoms. The summed E-state index contributed by atoms with van der Waals surface area (Å²) >= 11 is 0. The number of rotatable bonds is 4. The maximum Gasteiger partial charge on any atom is 0.272 e. The van der Waals surface area contributed by atoms with Crippen LogP contribution in [0.2, 0.25) is 0 Å². The van der Waals surface area contributed by atoms with Gasteiger partial charge in [0.15, 0.2) is 0 Å². The summed E-state index contributed by atoms with van der Waals surface area (Å²) in [5.41, 5.74) is 4.80. The van der Waals surface area contributed by atoms with E-state index in [1.165, 1.54) is 36.8 Å². The first-order valence-corrected chi connectivity index (χ1v) is 9.55. The summed E-state index contributed by atoms with van der Waals surface area (Å²) in [5.74, 6) is 0.524. The maximum atomic E-state index is 13.0. The van der Waals surface area contributed by atoms with Crippen LogP contribution in [0, 0.1) is 0 Å². The number of H-pyrrole nitrogens is 1. The fraction of sp³-hybridized carbons (Fsp3) is 0.526. The molecule has 8 nitrogen and oxygen atoms in total. The highest BCUT2D eigenvalue weighted by Crippen LogP contribution is 2.23. The molecule has 0 saturated heterocycles. The van der Waals surface area contributed by atoms with Crippen LogP contribution < -0.4 is 0 Å². The van der Waals surface area contributed by atoms with Gasteiger partial charge in [-0.05, 0) is 43.2 Å². The first kappa shape index (κ1) is 17.6. The van der Waals surface area contributed by atoms with Crippen LogP contribution >= 0.6 is 0 Å². The van der Waals surface area contributed by atoms with Gasteiger partial charge in [0.25, 0.3) is 11.7 Å². The van der Waals surface area contributed by atoms with E-state index in [-0.39, 0.29) is 11.8 Å². The monoisotopic (exact) mass is 367 g/mol. The topological polar surface area (TPSA) is 92.1 Å². The van der Waals surface area contributed by atoms with E-state index in [4.69, 9.17) is 0 Å². The molecule has 3 aromatic rings. The highest BCUT2D eigenvalue weighted by atomic mass is 16.2. The SMILES string of the molecule is CC(C)c1cc(C(=O)N(C)Cc2n[nH]c3c2CCCCC3)nc2ncnn12. The highest BCUT2D eigenvalue weighted by molar-refractivity contribution is 5.92. The molecule has 0 unspecified atom stereocenters. The van der Waals surface area contributed by atoms with E-state index in [2.05, 4.69) is 39.1 Å². The van der Waals surface area contributed by atoms with Gasteiger partial charge in [-0.1, -0.05) is 20.3 Å². The number of nitrogens with zero attached hydrogens (tertiary/aromatic N) is 6. The standard InChI is InChI=1S/C19H25N7O/c1-12(2)17-9-15(22-19-20-11-21-26(17)19)18(27)25(3)10-16-13-7-5-4-6-8-14(13)23-24-16/h9,11-12H,4-8,10H2,1-3H3,(H,23,24). The van der Waals surface area contributed by atoms with Gasteiger partial charge in [0.05, 0.1) is 17.9 Å². The van der Waals surface area contributed by atoms with Crippen LogP contribution in [0.5, 0.6) is 0 Å². The zero-order valence-corrected chi connectivity index (χ0v) is 16.1. The number of carbonyl (C=O) groups is 1. The molecule has 0 aromatic carbocycles. The van der Waals surface area contributed by atoms with Crippen molar-refractivity contribution in [1.29, 1.82) is 0 Å². The Bertz CT molecular complexity index is 972. The minimum absolute atomic E-state index is 0.132. The van der Waals surface area contributed by atoms with Gasteiger partial charge >= 0.3 is 0 Å².